The van der Waals surface area contributed by atoms with E-state index < -0.39 is 0 Å². The smallest absolute Gasteiger partial charge is 0.122 e. The Balaban J connectivity index is 1.57. The molecule has 26 heavy (non-hydrogen) atoms. The molecule has 0 bridgehead atoms. The minimum Gasteiger partial charge on any atom is -0.493 e. The van der Waals surface area contributed by atoms with E-state index in [0.29, 0.717) is 18.9 Å². The fourth-order valence-corrected chi connectivity index (χ4v) is 3.31. The Morgan fingerprint density at radius 3 is 2.62 bits per heavy atom. The zero-order chi connectivity index (χ0) is 18.4. The molecule has 0 spiro atoms. The highest BCUT2D eigenvalue weighted by molar-refractivity contribution is 5.75. The van der Waals surface area contributed by atoms with Gasteiger partial charge in [-0.05, 0) is 42.5 Å². The number of aromatic nitrogens is 2. The molecule has 1 heterocycles. The van der Waals surface area contributed by atoms with Gasteiger partial charge in [0.25, 0.3) is 0 Å². The molecule has 0 aliphatic carbocycles. The maximum Gasteiger partial charge on any atom is 0.122 e. The van der Waals surface area contributed by atoms with Crippen LogP contribution in [0.15, 0.2) is 48.5 Å². The molecule has 0 saturated heterocycles. The number of unbranched alkanes of at least 4 members (excludes halogenated alkanes) is 1. The SMILES string of the molecule is CC(C)c1ccccc1OCCCCn1c(CCO)nc2ccccc21. The molecular weight excluding hydrogens is 324 g/mol. The molecule has 0 fully saturated rings. The Hall–Kier alpha value is -2.33. The average molecular weight is 352 g/mol. The van der Waals surface area contributed by atoms with Crippen LogP contribution in [0.5, 0.6) is 5.75 Å². The molecule has 3 rings (SSSR count). The van der Waals surface area contributed by atoms with Gasteiger partial charge in [0, 0.05) is 13.0 Å². The summed E-state index contributed by atoms with van der Waals surface area (Å²) < 4.78 is 8.25. The average Bonchev–Trinajstić information content (AvgIpc) is 2.99. The van der Waals surface area contributed by atoms with Crippen LogP contribution in [0.4, 0.5) is 0 Å². The molecule has 0 radical (unpaired) electrons. The van der Waals surface area contributed by atoms with Crippen LogP contribution in [-0.2, 0) is 13.0 Å². The lowest BCUT2D eigenvalue weighted by molar-refractivity contribution is 0.291. The summed E-state index contributed by atoms with van der Waals surface area (Å²) in [6, 6.07) is 16.4. The number of aliphatic hydroxyl groups excluding tert-OH is 1. The van der Waals surface area contributed by atoms with Crippen molar-refractivity contribution in [1.82, 2.24) is 9.55 Å². The lowest BCUT2D eigenvalue weighted by atomic mass is 10.0. The zero-order valence-electron chi connectivity index (χ0n) is 15.7. The largest absolute Gasteiger partial charge is 0.493 e. The third-order valence-corrected chi connectivity index (χ3v) is 4.64. The minimum absolute atomic E-state index is 0.123. The van der Waals surface area contributed by atoms with Crippen LogP contribution < -0.4 is 4.74 Å². The molecule has 4 heteroatoms. The van der Waals surface area contributed by atoms with Gasteiger partial charge in [0.05, 0.1) is 24.2 Å². The lowest BCUT2D eigenvalue weighted by Gasteiger charge is -2.14. The van der Waals surface area contributed by atoms with Gasteiger partial charge < -0.3 is 14.4 Å². The summed E-state index contributed by atoms with van der Waals surface area (Å²) >= 11 is 0. The zero-order valence-corrected chi connectivity index (χ0v) is 15.7. The van der Waals surface area contributed by atoms with E-state index in [1.165, 1.54) is 5.56 Å². The first kappa shape index (κ1) is 18.5. The maximum absolute atomic E-state index is 9.30. The number of rotatable bonds is 9. The predicted octanol–water partition coefficient (Wildman–Crippen LogP) is 4.55. The Bertz CT molecular complexity index is 839. The highest BCUT2D eigenvalue weighted by Crippen LogP contribution is 2.26. The van der Waals surface area contributed by atoms with Crippen molar-refractivity contribution in [3.8, 4) is 5.75 Å². The molecule has 2 aromatic carbocycles. The van der Waals surface area contributed by atoms with E-state index in [1.54, 1.807) is 0 Å². The van der Waals surface area contributed by atoms with Crippen molar-refractivity contribution < 1.29 is 9.84 Å². The Labute approximate surface area is 155 Å². The summed E-state index contributed by atoms with van der Waals surface area (Å²) in [6.45, 7) is 6.11. The van der Waals surface area contributed by atoms with Gasteiger partial charge in [-0.15, -0.1) is 0 Å². The molecule has 0 amide bonds. The lowest BCUT2D eigenvalue weighted by Crippen LogP contribution is -2.08. The van der Waals surface area contributed by atoms with Crippen LogP contribution >= 0.6 is 0 Å². The summed E-state index contributed by atoms with van der Waals surface area (Å²) in [5.74, 6) is 2.42. The Kier molecular flexibility index (Phi) is 6.29. The van der Waals surface area contributed by atoms with Crippen LogP contribution in [0, 0.1) is 0 Å². The van der Waals surface area contributed by atoms with Crippen molar-refractivity contribution in [2.45, 2.75) is 45.6 Å². The van der Waals surface area contributed by atoms with E-state index in [0.717, 1.165) is 42.0 Å². The van der Waals surface area contributed by atoms with E-state index in [9.17, 15) is 5.11 Å². The quantitative estimate of drug-likeness (QED) is 0.575. The molecule has 1 N–H and O–H groups in total. The second-order valence-corrected chi connectivity index (χ2v) is 6.89. The molecule has 4 nitrogen and oxygen atoms in total. The van der Waals surface area contributed by atoms with Gasteiger partial charge in [0.1, 0.15) is 11.6 Å². The maximum atomic E-state index is 9.30. The molecule has 1 aromatic heterocycles. The standard InChI is InChI=1S/C22H28N2O2/c1-17(2)18-9-3-6-12-21(18)26-16-8-7-14-24-20-11-5-4-10-19(20)23-22(24)13-15-25/h3-6,9-12,17,25H,7-8,13-16H2,1-2H3. The number of fused-ring (bicyclic) bond motifs is 1. The second-order valence-electron chi connectivity index (χ2n) is 6.89. The van der Waals surface area contributed by atoms with Gasteiger partial charge in [-0.2, -0.15) is 0 Å². The van der Waals surface area contributed by atoms with Crippen LogP contribution in [0.1, 0.15) is 44.0 Å². The first-order chi connectivity index (χ1) is 12.7. The van der Waals surface area contributed by atoms with Crippen molar-refractivity contribution in [3.05, 3.63) is 59.9 Å². The van der Waals surface area contributed by atoms with E-state index in [2.05, 4.69) is 47.7 Å². The van der Waals surface area contributed by atoms with Crippen LogP contribution in [-0.4, -0.2) is 27.9 Å². The number of benzene rings is 2. The summed E-state index contributed by atoms with van der Waals surface area (Å²) in [5, 5.41) is 9.30. The fourth-order valence-electron chi connectivity index (χ4n) is 3.31. The first-order valence-corrected chi connectivity index (χ1v) is 9.47. The van der Waals surface area contributed by atoms with Crippen LogP contribution in [0.25, 0.3) is 11.0 Å². The number of para-hydroxylation sites is 3. The number of hydrogen-bond acceptors (Lipinski definition) is 3. The van der Waals surface area contributed by atoms with Gasteiger partial charge in [-0.1, -0.05) is 44.2 Å². The number of hydrogen-bond donors (Lipinski definition) is 1. The molecule has 3 aromatic rings. The fraction of sp³-hybridized carbons (Fsp3) is 0.409. The van der Waals surface area contributed by atoms with Crippen molar-refractivity contribution in [1.29, 1.82) is 0 Å². The molecule has 0 aliphatic rings. The van der Waals surface area contributed by atoms with Gasteiger partial charge in [0.2, 0.25) is 0 Å². The van der Waals surface area contributed by atoms with E-state index in [-0.39, 0.29) is 6.61 Å². The molecule has 0 unspecified atom stereocenters. The van der Waals surface area contributed by atoms with Crippen molar-refractivity contribution in [2.75, 3.05) is 13.2 Å². The van der Waals surface area contributed by atoms with E-state index in [1.807, 2.05) is 24.3 Å². The van der Waals surface area contributed by atoms with Gasteiger partial charge in [-0.3, -0.25) is 0 Å². The number of imidazole rings is 1. The summed E-state index contributed by atoms with van der Waals surface area (Å²) in [7, 11) is 0. The van der Waals surface area contributed by atoms with Crippen LogP contribution in [0.3, 0.4) is 0 Å². The van der Waals surface area contributed by atoms with Gasteiger partial charge in [-0.25, -0.2) is 4.98 Å². The molecule has 0 aliphatic heterocycles. The third-order valence-electron chi connectivity index (χ3n) is 4.64. The highest BCUT2D eigenvalue weighted by atomic mass is 16.5. The van der Waals surface area contributed by atoms with Gasteiger partial charge in [0.15, 0.2) is 0 Å². The Morgan fingerprint density at radius 1 is 1.04 bits per heavy atom. The van der Waals surface area contributed by atoms with E-state index in [4.69, 9.17) is 4.74 Å². The van der Waals surface area contributed by atoms with E-state index >= 15 is 0 Å². The highest BCUT2D eigenvalue weighted by Gasteiger charge is 2.10. The molecule has 0 atom stereocenters. The van der Waals surface area contributed by atoms with Crippen LogP contribution in [0.2, 0.25) is 0 Å². The van der Waals surface area contributed by atoms with Crippen molar-refractivity contribution in [3.63, 3.8) is 0 Å². The minimum atomic E-state index is 0.123. The summed E-state index contributed by atoms with van der Waals surface area (Å²) in [6.07, 6.45) is 2.59. The Morgan fingerprint density at radius 2 is 1.81 bits per heavy atom. The number of aliphatic hydroxyl groups is 1. The molecule has 0 saturated carbocycles. The van der Waals surface area contributed by atoms with Crippen molar-refractivity contribution in [2.24, 2.45) is 0 Å². The predicted molar refractivity (Wildman–Crippen MR) is 106 cm³/mol. The van der Waals surface area contributed by atoms with Gasteiger partial charge >= 0.3 is 0 Å². The third kappa shape index (κ3) is 4.25. The number of nitrogens with zero attached hydrogens (tertiary/aromatic N) is 2. The number of aryl methyl sites for hydroxylation is 1. The summed E-state index contributed by atoms with van der Waals surface area (Å²) in [4.78, 5) is 4.65. The topological polar surface area (TPSA) is 47.3 Å². The normalized spacial score (nSPS) is 11.4. The molecular formula is C22H28N2O2. The molecule has 138 valence electrons. The second kappa shape index (κ2) is 8.86. The van der Waals surface area contributed by atoms with Crippen molar-refractivity contribution >= 4 is 11.0 Å². The monoisotopic (exact) mass is 352 g/mol. The first-order valence-electron chi connectivity index (χ1n) is 9.47. The summed E-state index contributed by atoms with van der Waals surface area (Å²) in [5.41, 5.74) is 3.40. The number of ether oxygens (including phenoxy) is 1.